The fraction of sp³-hybridized carbons (Fsp3) is 0.615. The second-order valence-electron chi connectivity index (χ2n) is 4.35. The van der Waals surface area contributed by atoms with Crippen LogP contribution in [0.4, 0.5) is 0 Å². The first-order chi connectivity index (χ1) is 8.10. The molecule has 96 valence electrons. The molecule has 0 aliphatic heterocycles. The standard InChI is InChI=1S/C13H21NO2S/c1-9(6-15)7-17-8-12-11(3)13(16-4)10(2)5-14-12/h5,9,15H,6-8H2,1-4H3. The Labute approximate surface area is 108 Å². The highest BCUT2D eigenvalue weighted by Gasteiger charge is 2.09. The van der Waals surface area contributed by atoms with Gasteiger partial charge in [0, 0.05) is 29.7 Å². The lowest BCUT2D eigenvalue weighted by atomic mass is 10.1. The van der Waals surface area contributed by atoms with Gasteiger partial charge in [0.25, 0.3) is 0 Å². The highest BCUT2D eigenvalue weighted by atomic mass is 32.2. The molecule has 3 nitrogen and oxygen atoms in total. The van der Waals surface area contributed by atoms with Gasteiger partial charge in [-0.2, -0.15) is 11.8 Å². The van der Waals surface area contributed by atoms with Crippen LogP contribution in [0.25, 0.3) is 0 Å². The van der Waals surface area contributed by atoms with Crippen molar-refractivity contribution in [1.29, 1.82) is 0 Å². The van der Waals surface area contributed by atoms with Gasteiger partial charge in [0.15, 0.2) is 0 Å². The van der Waals surface area contributed by atoms with E-state index in [0.29, 0.717) is 5.92 Å². The molecule has 1 heterocycles. The number of thioether (sulfide) groups is 1. The smallest absolute Gasteiger partial charge is 0.128 e. The van der Waals surface area contributed by atoms with Gasteiger partial charge in [-0.3, -0.25) is 4.98 Å². The van der Waals surface area contributed by atoms with Gasteiger partial charge in [-0.05, 0) is 25.5 Å². The van der Waals surface area contributed by atoms with Crippen LogP contribution in [-0.4, -0.2) is 29.6 Å². The molecule has 1 rings (SSSR count). The number of aryl methyl sites for hydroxylation is 1. The lowest BCUT2D eigenvalue weighted by Crippen LogP contribution is -2.04. The van der Waals surface area contributed by atoms with Crippen LogP contribution in [0.2, 0.25) is 0 Å². The monoisotopic (exact) mass is 255 g/mol. The van der Waals surface area contributed by atoms with Crippen molar-refractivity contribution in [3.8, 4) is 5.75 Å². The van der Waals surface area contributed by atoms with Crippen molar-refractivity contribution < 1.29 is 9.84 Å². The van der Waals surface area contributed by atoms with Crippen molar-refractivity contribution in [1.82, 2.24) is 4.98 Å². The molecule has 17 heavy (non-hydrogen) atoms. The maximum atomic E-state index is 8.96. The van der Waals surface area contributed by atoms with Crippen molar-refractivity contribution in [2.45, 2.75) is 26.5 Å². The normalized spacial score (nSPS) is 12.5. The Hall–Kier alpha value is -0.740. The van der Waals surface area contributed by atoms with Crippen LogP contribution in [0, 0.1) is 19.8 Å². The van der Waals surface area contributed by atoms with Gasteiger partial charge in [0.05, 0.1) is 12.8 Å². The average Bonchev–Trinajstić information content (AvgIpc) is 2.32. The Bertz CT molecular complexity index is 369. The largest absolute Gasteiger partial charge is 0.496 e. The van der Waals surface area contributed by atoms with Crippen LogP contribution >= 0.6 is 11.8 Å². The summed E-state index contributed by atoms with van der Waals surface area (Å²) in [6.45, 7) is 6.34. The van der Waals surface area contributed by atoms with Gasteiger partial charge >= 0.3 is 0 Å². The van der Waals surface area contributed by atoms with E-state index in [1.807, 2.05) is 27.0 Å². The van der Waals surface area contributed by atoms with Crippen molar-refractivity contribution in [3.63, 3.8) is 0 Å². The minimum Gasteiger partial charge on any atom is -0.496 e. The van der Waals surface area contributed by atoms with Crippen LogP contribution in [0.15, 0.2) is 6.20 Å². The summed E-state index contributed by atoms with van der Waals surface area (Å²) < 4.78 is 5.38. The third-order valence-corrected chi connectivity index (χ3v) is 3.98. The van der Waals surface area contributed by atoms with Crippen molar-refractivity contribution in [2.75, 3.05) is 19.5 Å². The van der Waals surface area contributed by atoms with E-state index >= 15 is 0 Å². The number of hydrogen-bond acceptors (Lipinski definition) is 4. The molecule has 0 amide bonds. The van der Waals surface area contributed by atoms with Crippen molar-refractivity contribution in [3.05, 3.63) is 23.0 Å². The number of aliphatic hydroxyl groups is 1. The van der Waals surface area contributed by atoms with Gasteiger partial charge in [0.2, 0.25) is 0 Å². The van der Waals surface area contributed by atoms with Gasteiger partial charge in [-0.25, -0.2) is 0 Å². The Morgan fingerprint density at radius 2 is 2.18 bits per heavy atom. The summed E-state index contributed by atoms with van der Waals surface area (Å²) in [5.74, 6) is 3.10. The molecule has 1 aromatic heterocycles. The van der Waals surface area contributed by atoms with Crippen molar-refractivity contribution >= 4 is 11.8 Å². The molecule has 1 aromatic rings. The van der Waals surface area contributed by atoms with Crippen molar-refractivity contribution in [2.24, 2.45) is 5.92 Å². The van der Waals surface area contributed by atoms with E-state index in [9.17, 15) is 0 Å². The first kappa shape index (κ1) is 14.3. The molecule has 0 spiro atoms. The molecule has 0 radical (unpaired) electrons. The quantitative estimate of drug-likeness (QED) is 0.848. The first-order valence-electron chi connectivity index (χ1n) is 5.77. The fourth-order valence-corrected chi connectivity index (χ4v) is 2.74. The molecule has 0 aliphatic carbocycles. The summed E-state index contributed by atoms with van der Waals surface area (Å²) in [5, 5.41) is 8.96. The third kappa shape index (κ3) is 3.89. The molecule has 0 saturated carbocycles. The maximum Gasteiger partial charge on any atom is 0.128 e. The number of aliphatic hydroxyl groups excluding tert-OH is 1. The van der Waals surface area contributed by atoms with Crippen LogP contribution in [0.1, 0.15) is 23.7 Å². The van der Waals surface area contributed by atoms with E-state index in [0.717, 1.165) is 34.1 Å². The molecule has 1 unspecified atom stereocenters. The minimum atomic E-state index is 0.247. The highest BCUT2D eigenvalue weighted by molar-refractivity contribution is 7.98. The molecule has 0 aliphatic rings. The predicted molar refractivity (Wildman–Crippen MR) is 72.7 cm³/mol. The lowest BCUT2D eigenvalue weighted by Gasteiger charge is -2.12. The Balaban J connectivity index is 2.66. The Morgan fingerprint density at radius 3 is 2.76 bits per heavy atom. The van der Waals surface area contributed by atoms with Gasteiger partial charge < -0.3 is 9.84 Å². The molecule has 4 heteroatoms. The average molecular weight is 255 g/mol. The summed E-state index contributed by atoms with van der Waals surface area (Å²) in [6, 6.07) is 0. The van der Waals surface area contributed by atoms with Crippen LogP contribution in [0.3, 0.4) is 0 Å². The second kappa shape index (κ2) is 6.87. The number of rotatable bonds is 6. The van der Waals surface area contributed by atoms with Gasteiger partial charge in [0.1, 0.15) is 5.75 Å². The summed E-state index contributed by atoms with van der Waals surface area (Å²) in [4.78, 5) is 4.45. The molecule has 0 fully saturated rings. The van der Waals surface area contributed by atoms with Crippen LogP contribution < -0.4 is 4.74 Å². The Morgan fingerprint density at radius 1 is 1.47 bits per heavy atom. The van der Waals surface area contributed by atoms with Crippen LogP contribution in [-0.2, 0) is 5.75 Å². The number of nitrogens with zero attached hydrogens (tertiary/aromatic N) is 1. The minimum absolute atomic E-state index is 0.247. The van der Waals surface area contributed by atoms with Crippen LogP contribution in [0.5, 0.6) is 5.75 Å². The number of pyridine rings is 1. The van der Waals surface area contributed by atoms with E-state index in [1.165, 1.54) is 0 Å². The molecular formula is C13H21NO2S. The number of ether oxygens (including phenoxy) is 1. The fourth-order valence-electron chi connectivity index (χ4n) is 1.63. The predicted octanol–water partition coefficient (Wildman–Crippen LogP) is 2.57. The SMILES string of the molecule is COc1c(C)cnc(CSCC(C)CO)c1C. The molecule has 1 atom stereocenters. The Kier molecular flexibility index (Phi) is 5.78. The highest BCUT2D eigenvalue weighted by Crippen LogP contribution is 2.26. The zero-order chi connectivity index (χ0) is 12.8. The zero-order valence-corrected chi connectivity index (χ0v) is 11.8. The first-order valence-corrected chi connectivity index (χ1v) is 6.93. The maximum absolute atomic E-state index is 8.96. The number of hydrogen-bond donors (Lipinski definition) is 1. The summed E-state index contributed by atoms with van der Waals surface area (Å²) in [5.41, 5.74) is 3.27. The van der Waals surface area contributed by atoms with Gasteiger partial charge in [-0.15, -0.1) is 0 Å². The second-order valence-corrected chi connectivity index (χ2v) is 5.38. The molecule has 0 bridgehead atoms. The topological polar surface area (TPSA) is 42.4 Å². The molecule has 0 saturated heterocycles. The van der Waals surface area contributed by atoms with E-state index in [4.69, 9.17) is 9.84 Å². The van der Waals surface area contributed by atoms with E-state index < -0.39 is 0 Å². The van der Waals surface area contributed by atoms with E-state index in [1.54, 1.807) is 18.9 Å². The molecular weight excluding hydrogens is 234 g/mol. The summed E-state index contributed by atoms with van der Waals surface area (Å²) in [6.07, 6.45) is 1.86. The van der Waals surface area contributed by atoms with E-state index in [2.05, 4.69) is 4.98 Å². The zero-order valence-electron chi connectivity index (χ0n) is 11.0. The van der Waals surface area contributed by atoms with E-state index in [-0.39, 0.29) is 6.61 Å². The summed E-state index contributed by atoms with van der Waals surface area (Å²) in [7, 11) is 1.69. The van der Waals surface area contributed by atoms with Gasteiger partial charge in [-0.1, -0.05) is 6.92 Å². The number of aromatic nitrogens is 1. The molecule has 0 aromatic carbocycles. The lowest BCUT2D eigenvalue weighted by molar-refractivity contribution is 0.250. The number of methoxy groups -OCH3 is 1. The molecule has 1 N–H and O–H groups in total. The summed E-state index contributed by atoms with van der Waals surface area (Å²) >= 11 is 1.80. The third-order valence-electron chi connectivity index (χ3n) is 2.70.